The molecule has 8 heteroatoms. The maximum absolute atomic E-state index is 13.2. The number of aromatic nitrogens is 1. The van der Waals surface area contributed by atoms with Crippen molar-refractivity contribution < 1.29 is 19.0 Å². The van der Waals surface area contributed by atoms with Crippen LogP contribution in [0.1, 0.15) is 12.0 Å². The Morgan fingerprint density at radius 1 is 1.06 bits per heavy atom. The molecule has 5 rings (SSSR count). The van der Waals surface area contributed by atoms with E-state index in [1.54, 1.807) is 12.1 Å². The van der Waals surface area contributed by atoms with Gasteiger partial charge in [0.25, 0.3) is 0 Å². The van der Waals surface area contributed by atoms with Crippen molar-refractivity contribution in [2.75, 3.05) is 52.6 Å². The first-order chi connectivity index (χ1) is 16.6. The Kier molecular flexibility index (Phi) is 7.06. The molecular formula is C26H30ClN3O4. The number of hydrogen-bond acceptors (Lipinski definition) is 5. The fourth-order valence-corrected chi connectivity index (χ4v) is 4.83. The molecule has 180 valence electrons. The zero-order valence-electron chi connectivity index (χ0n) is 19.2. The molecule has 1 amide bonds. The number of H-pyrrole nitrogens is 1. The van der Waals surface area contributed by atoms with E-state index in [1.165, 1.54) is 10.9 Å². The molecule has 1 atom stereocenters. The van der Waals surface area contributed by atoms with Gasteiger partial charge in [-0.15, -0.1) is 0 Å². The Bertz CT molecular complexity index is 1110. The van der Waals surface area contributed by atoms with Crippen LogP contribution in [0.4, 0.5) is 0 Å². The van der Waals surface area contributed by atoms with E-state index in [2.05, 4.69) is 34.1 Å². The molecule has 1 aromatic heterocycles. The van der Waals surface area contributed by atoms with Gasteiger partial charge in [-0.25, -0.2) is 0 Å². The summed E-state index contributed by atoms with van der Waals surface area (Å²) >= 11 is 6.02. The average Bonchev–Trinajstić information content (AvgIpc) is 3.32. The quantitative estimate of drug-likeness (QED) is 0.554. The van der Waals surface area contributed by atoms with Crippen LogP contribution in [-0.2, 0) is 20.8 Å². The van der Waals surface area contributed by atoms with Crippen molar-refractivity contribution in [3.05, 3.63) is 65.3 Å². The number of halogens is 1. The molecule has 7 nitrogen and oxygen atoms in total. The maximum Gasteiger partial charge on any atom is 0.225 e. The summed E-state index contributed by atoms with van der Waals surface area (Å²) in [6.45, 7) is 5.42. The molecule has 0 radical (unpaired) electrons. The van der Waals surface area contributed by atoms with Gasteiger partial charge < -0.3 is 24.1 Å². The second kappa shape index (κ2) is 10.4. The largest absolute Gasteiger partial charge is 0.491 e. The van der Waals surface area contributed by atoms with Crippen LogP contribution in [0.3, 0.4) is 0 Å². The van der Waals surface area contributed by atoms with Gasteiger partial charge in [0.15, 0.2) is 0 Å². The predicted octanol–water partition coefficient (Wildman–Crippen LogP) is 3.72. The zero-order chi connectivity index (χ0) is 23.4. The summed E-state index contributed by atoms with van der Waals surface area (Å²) in [6, 6.07) is 15.8. The first-order valence-electron chi connectivity index (χ1n) is 11.7. The number of ether oxygens (including phenoxy) is 3. The van der Waals surface area contributed by atoms with Crippen molar-refractivity contribution in [2.45, 2.75) is 18.6 Å². The minimum atomic E-state index is -0.732. The van der Waals surface area contributed by atoms with Crippen molar-refractivity contribution in [1.82, 2.24) is 14.8 Å². The summed E-state index contributed by atoms with van der Waals surface area (Å²) in [7, 11) is 0. The molecule has 2 aliphatic rings. The standard InChI is InChI=1S/C26H30ClN3O4/c27-22-3-5-23(6-4-22)33-19-26(16-25(31)30-10-12-32-13-11-30)18-29(9-14-34-26)17-20-1-2-21-7-8-28-24(21)15-20/h1-8,15,28H,9-14,16-19H2. The summed E-state index contributed by atoms with van der Waals surface area (Å²) in [6.07, 6.45) is 2.23. The van der Waals surface area contributed by atoms with E-state index >= 15 is 0 Å². The molecule has 3 aromatic rings. The molecule has 0 spiro atoms. The Balaban J connectivity index is 1.32. The number of hydrogen-bond donors (Lipinski definition) is 1. The van der Waals surface area contributed by atoms with Crippen molar-refractivity contribution >= 4 is 28.4 Å². The SMILES string of the molecule is O=C(CC1(COc2ccc(Cl)cc2)CN(Cc2ccc3cc[nH]c3c2)CCO1)N1CCOCC1. The molecule has 2 aromatic carbocycles. The van der Waals surface area contributed by atoms with Crippen molar-refractivity contribution in [3.8, 4) is 5.75 Å². The van der Waals surface area contributed by atoms with Crippen molar-refractivity contribution in [2.24, 2.45) is 0 Å². The summed E-state index contributed by atoms with van der Waals surface area (Å²) in [5.41, 5.74) is 1.62. The Morgan fingerprint density at radius 2 is 1.88 bits per heavy atom. The fraction of sp³-hybridized carbons (Fsp3) is 0.423. The Hall–Kier alpha value is -2.58. The lowest BCUT2D eigenvalue weighted by Gasteiger charge is -2.43. The molecule has 2 fully saturated rings. The first-order valence-corrected chi connectivity index (χ1v) is 12.1. The number of carbonyl (C=O) groups is 1. The number of morpholine rings is 2. The molecule has 3 heterocycles. The van der Waals surface area contributed by atoms with Crippen LogP contribution in [0.25, 0.3) is 10.9 Å². The number of nitrogens with one attached hydrogen (secondary N) is 1. The number of nitrogens with zero attached hydrogens (tertiary/aromatic N) is 2. The van der Waals surface area contributed by atoms with Crippen LogP contribution in [0, 0.1) is 0 Å². The summed E-state index contributed by atoms with van der Waals surface area (Å²) in [5, 5.41) is 1.86. The normalized spacial score (nSPS) is 21.6. The van der Waals surface area contributed by atoms with Gasteiger partial charge in [0, 0.05) is 49.5 Å². The number of carbonyl (C=O) groups excluding carboxylic acids is 1. The molecule has 2 aliphatic heterocycles. The molecule has 0 bridgehead atoms. The van der Waals surface area contributed by atoms with Gasteiger partial charge >= 0.3 is 0 Å². The minimum absolute atomic E-state index is 0.0812. The molecule has 0 aliphatic carbocycles. The predicted molar refractivity (Wildman–Crippen MR) is 131 cm³/mol. The highest BCUT2D eigenvalue weighted by molar-refractivity contribution is 6.30. The number of amides is 1. The molecule has 1 N–H and O–H groups in total. The highest BCUT2D eigenvalue weighted by Crippen LogP contribution is 2.27. The van der Waals surface area contributed by atoms with E-state index < -0.39 is 5.60 Å². The Labute approximate surface area is 204 Å². The average molecular weight is 484 g/mol. The first kappa shape index (κ1) is 23.2. The van der Waals surface area contributed by atoms with E-state index in [0.29, 0.717) is 50.2 Å². The molecule has 1 unspecified atom stereocenters. The Morgan fingerprint density at radius 3 is 2.71 bits per heavy atom. The second-order valence-corrected chi connectivity index (χ2v) is 9.49. The number of fused-ring (bicyclic) bond motifs is 1. The maximum atomic E-state index is 13.2. The lowest BCUT2D eigenvalue weighted by atomic mass is 9.96. The van der Waals surface area contributed by atoms with Crippen LogP contribution in [0.15, 0.2) is 54.7 Å². The van der Waals surface area contributed by atoms with Gasteiger partial charge in [-0.05, 0) is 47.3 Å². The fourth-order valence-electron chi connectivity index (χ4n) is 4.70. The zero-order valence-corrected chi connectivity index (χ0v) is 19.9. The highest BCUT2D eigenvalue weighted by atomic mass is 35.5. The van der Waals surface area contributed by atoms with Gasteiger partial charge in [-0.1, -0.05) is 23.7 Å². The molecular weight excluding hydrogens is 454 g/mol. The third-order valence-electron chi connectivity index (χ3n) is 6.51. The van der Waals surface area contributed by atoms with Gasteiger partial charge in [0.2, 0.25) is 5.91 Å². The van der Waals surface area contributed by atoms with Crippen molar-refractivity contribution in [3.63, 3.8) is 0 Å². The summed E-state index contributed by atoms with van der Waals surface area (Å²) in [4.78, 5) is 20.7. The molecule has 0 saturated carbocycles. The smallest absolute Gasteiger partial charge is 0.225 e. The van der Waals surface area contributed by atoms with E-state index in [-0.39, 0.29) is 18.9 Å². The number of rotatable bonds is 7. The summed E-state index contributed by atoms with van der Waals surface area (Å²) < 4.78 is 17.9. The monoisotopic (exact) mass is 483 g/mol. The van der Waals surface area contributed by atoms with E-state index in [9.17, 15) is 4.79 Å². The van der Waals surface area contributed by atoms with Crippen LogP contribution >= 0.6 is 11.6 Å². The van der Waals surface area contributed by atoms with Crippen LogP contribution in [-0.4, -0.2) is 78.9 Å². The lowest BCUT2D eigenvalue weighted by molar-refractivity contribution is -0.159. The van der Waals surface area contributed by atoms with Crippen molar-refractivity contribution in [1.29, 1.82) is 0 Å². The molecule has 2 saturated heterocycles. The van der Waals surface area contributed by atoms with Crippen LogP contribution in [0.2, 0.25) is 5.02 Å². The third kappa shape index (κ3) is 5.55. The van der Waals surface area contributed by atoms with Gasteiger partial charge in [-0.2, -0.15) is 0 Å². The van der Waals surface area contributed by atoms with Crippen LogP contribution < -0.4 is 4.74 Å². The highest BCUT2D eigenvalue weighted by Gasteiger charge is 2.41. The summed E-state index contributed by atoms with van der Waals surface area (Å²) in [5.74, 6) is 0.790. The number of aromatic amines is 1. The van der Waals surface area contributed by atoms with Gasteiger partial charge in [0.05, 0.1) is 26.2 Å². The van der Waals surface area contributed by atoms with Crippen LogP contribution in [0.5, 0.6) is 5.75 Å². The van der Waals surface area contributed by atoms with Gasteiger partial charge in [-0.3, -0.25) is 9.69 Å². The second-order valence-electron chi connectivity index (χ2n) is 9.05. The minimum Gasteiger partial charge on any atom is -0.491 e. The lowest BCUT2D eigenvalue weighted by Crippen LogP contribution is -2.57. The van der Waals surface area contributed by atoms with E-state index in [1.807, 2.05) is 23.2 Å². The van der Waals surface area contributed by atoms with Gasteiger partial charge in [0.1, 0.15) is 18.0 Å². The third-order valence-corrected chi connectivity index (χ3v) is 6.76. The number of benzene rings is 2. The topological polar surface area (TPSA) is 67.0 Å². The van der Waals surface area contributed by atoms with E-state index in [4.69, 9.17) is 25.8 Å². The van der Waals surface area contributed by atoms with E-state index in [0.717, 1.165) is 18.6 Å². The molecule has 34 heavy (non-hydrogen) atoms.